The fraction of sp³-hybridized carbons (Fsp3) is 0.900. The van der Waals surface area contributed by atoms with Gasteiger partial charge in [0.05, 0.1) is 13.4 Å². The van der Waals surface area contributed by atoms with Crippen molar-refractivity contribution in [3.63, 3.8) is 0 Å². The molecule has 0 bridgehead atoms. The number of nitrogens with one attached hydrogen (secondary N) is 2. The van der Waals surface area contributed by atoms with Gasteiger partial charge in [-0.05, 0) is 6.42 Å². The molecule has 0 aliphatic rings. The quantitative estimate of drug-likeness (QED) is 0.448. The molecule has 1 unspecified atom stereocenters. The number of carbonyl (C=O) groups excluding carboxylic acids is 1. The summed E-state index contributed by atoms with van der Waals surface area (Å²) in [6, 6.07) is -0.360. The van der Waals surface area contributed by atoms with Gasteiger partial charge in [-0.3, -0.25) is 4.79 Å². The highest BCUT2D eigenvalue weighted by atomic mass is 32.2. The highest BCUT2D eigenvalue weighted by Crippen LogP contribution is 2.01. The van der Waals surface area contributed by atoms with E-state index in [2.05, 4.69) is 14.8 Å². The Kier molecular flexibility index (Phi) is 8.11. The zero-order valence-corrected chi connectivity index (χ0v) is 11.5. The smallest absolute Gasteiger partial charge is 0.322 e. The second-order valence-electron chi connectivity index (χ2n) is 3.84. The molecule has 17 heavy (non-hydrogen) atoms. The number of carbonyl (C=O) groups is 1. The van der Waals surface area contributed by atoms with Crippen LogP contribution in [-0.2, 0) is 19.6 Å². The molecule has 0 saturated carbocycles. The van der Waals surface area contributed by atoms with Crippen LogP contribution < -0.4 is 10.0 Å². The monoisotopic (exact) mass is 266 g/mol. The molecular formula is C10H22N2O4S. The van der Waals surface area contributed by atoms with Crippen molar-refractivity contribution in [3.05, 3.63) is 0 Å². The van der Waals surface area contributed by atoms with Gasteiger partial charge in [0.25, 0.3) is 0 Å². The number of unbranched alkanes of at least 4 members (excludes halogenated alkanes) is 1. The van der Waals surface area contributed by atoms with Gasteiger partial charge >= 0.3 is 5.97 Å². The summed E-state index contributed by atoms with van der Waals surface area (Å²) < 4.78 is 28.6. The number of esters is 1. The minimum Gasteiger partial charge on any atom is -0.468 e. The van der Waals surface area contributed by atoms with E-state index < -0.39 is 10.0 Å². The number of rotatable bonds is 9. The third kappa shape index (κ3) is 9.08. The van der Waals surface area contributed by atoms with Gasteiger partial charge in [0, 0.05) is 13.1 Å². The lowest BCUT2D eigenvalue weighted by Crippen LogP contribution is -2.41. The van der Waals surface area contributed by atoms with Crippen LogP contribution in [-0.4, -0.2) is 46.9 Å². The van der Waals surface area contributed by atoms with Crippen molar-refractivity contribution in [1.82, 2.24) is 10.0 Å². The first-order valence-corrected chi connectivity index (χ1v) is 7.55. The van der Waals surface area contributed by atoms with E-state index in [1.165, 1.54) is 7.11 Å². The summed E-state index contributed by atoms with van der Waals surface area (Å²) in [6.07, 6.45) is 3.72. The molecule has 0 aliphatic heterocycles. The summed E-state index contributed by atoms with van der Waals surface area (Å²) in [5, 5.41) is 2.98. The van der Waals surface area contributed by atoms with E-state index in [4.69, 9.17) is 0 Å². The van der Waals surface area contributed by atoms with E-state index in [1.807, 2.05) is 6.92 Å². The molecule has 102 valence electrons. The van der Waals surface area contributed by atoms with Crippen LogP contribution in [0.3, 0.4) is 0 Å². The Morgan fingerprint density at radius 3 is 2.47 bits per heavy atom. The van der Waals surface area contributed by atoms with Crippen LogP contribution in [0.2, 0.25) is 0 Å². The minimum absolute atomic E-state index is 0.262. The predicted molar refractivity (Wildman–Crippen MR) is 66.2 cm³/mol. The Bertz CT molecular complexity index is 316. The highest BCUT2D eigenvalue weighted by Gasteiger charge is 2.17. The van der Waals surface area contributed by atoms with Crippen LogP contribution in [0, 0.1) is 0 Å². The molecule has 0 radical (unpaired) electrons. The topological polar surface area (TPSA) is 84.5 Å². The molecule has 0 spiro atoms. The van der Waals surface area contributed by atoms with Gasteiger partial charge in [-0.1, -0.05) is 19.8 Å². The van der Waals surface area contributed by atoms with Crippen LogP contribution in [0.4, 0.5) is 0 Å². The molecule has 0 saturated heterocycles. The van der Waals surface area contributed by atoms with E-state index in [0.29, 0.717) is 13.0 Å². The van der Waals surface area contributed by atoms with Crippen molar-refractivity contribution < 1.29 is 17.9 Å². The molecule has 6 nitrogen and oxygen atoms in total. The second kappa shape index (κ2) is 8.43. The van der Waals surface area contributed by atoms with Gasteiger partial charge in [0.1, 0.15) is 6.04 Å². The molecule has 2 N–H and O–H groups in total. The number of sulfonamides is 1. The van der Waals surface area contributed by atoms with Gasteiger partial charge in [0.2, 0.25) is 10.0 Å². The summed E-state index contributed by atoms with van der Waals surface area (Å²) in [7, 11) is -1.83. The molecular weight excluding hydrogens is 244 g/mol. The first kappa shape index (κ1) is 16.3. The Morgan fingerprint density at radius 1 is 1.35 bits per heavy atom. The molecule has 0 aromatic carbocycles. The van der Waals surface area contributed by atoms with Gasteiger partial charge in [-0.2, -0.15) is 0 Å². The number of methoxy groups -OCH3 is 1. The summed E-state index contributed by atoms with van der Waals surface area (Å²) in [5.74, 6) is -0.308. The van der Waals surface area contributed by atoms with E-state index in [1.54, 1.807) is 0 Å². The largest absolute Gasteiger partial charge is 0.468 e. The number of hydrogen-bond donors (Lipinski definition) is 2. The zero-order valence-electron chi connectivity index (χ0n) is 10.7. The molecule has 1 atom stereocenters. The lowest BCUT2D eigenvalue weighted by atomic mass is 10.1. The number of ether oxygens (including phenoxy) is 1. The van der Waals surface area contributed by atoms with Crippen LogP contribution in [0.15, 0.2) is 0 Å². The summed E-state index contributed by atoms with van der Waals surface area (Å²) in [6.45, 7) is 2.70. The Morgan fingerprint density at radius 2 is 2.00 bits per heavy atom. The minimum atomic E-state index is -3.17. The third-order valence-corrected chi connectivity index (χ3v) is 2.94. The highest BCUT2D eigenvalue weighted by molar-refractivity contribution is 7.88. The lowest BCUT2D eigenvalue weighted by molar-refractivity contribution is -0.143. The van der Waals surface area contributed by atoms with Crippen LogP contribution in [0.1, 0.15) is 26.2 Å². The second-order valence-corrected chi connectivity index (χ2v) is 5.67. The zero-order chi connectivity index (χ0) is 13.3. The third-order valence-electron chi connectivity index (χ3n) is 2.21. The van der Waals surface area contributed by atoms with Gasteiger partial charge in [0.15, 0.2) is 0 Å². The van der Waals surface area contributed by atoms with Crippen LogP contribution in [0.25, 0.3) is 0 Å². The standard InChI is InChI=1S/C10H22N2O4S/c1-4-5-6-9(10(13)16-2)11-7-8-12-17(3,14)15/h9,11-12H,4-8H2,1-3H3. The van der Waals surface area contributed by atoms with Crippen molar-refractivity contribution in [2.24, 2.45) is 0 Å². The average molecular weight is 266 g/mol. The van der Waals surface area contributed by atoms with Crippen molar-refractivity contribution >= 4 is 16.0 Å². The van der Waals surface area contributed by atoms with Gasteiger partial charge < -0.3 is 10.1 Å². The van der Waals surface area contributed by atoms with Crippen LogP contribution in [0.5, 0.6) is 0 Å². The molecule has 0 fully saturated rings. The Labute approximate surface area is 103 Å². The molecule has 0 aliphatic carbocycles. The molecule has 0 rings (SSSR count). The number of hydrogen-bond acceptors (Lipinski definition) is 5. The Hall–Kier alpha value is -0.660. The molecule has 0 heterocycles. The van der Waals surface area contributed by atoms with E-state index in [-0.39, 0.29) is 18.6 Å². The lowest BCUT2D eigenvalue weighted by Gasteiger charge is -2.15. The first-order valence-electron chi connectivity index (χ1n) is 5.66. The molecule has 7 heteroatoms. The van der Waals surface area contributed by atoms with Crippen molar-refractivity contribution in [1.29, 1.82) is 0 Å². The maximum absolute atomic E-state index is 11.4. The van der Waals surface area contributed by atoms with Gasteiger partial charge in [-0.25, -0.2) is 13.1 Å². The molecule has 0 aromatic heterocycles. The summed E-state index contributed by atoms with van der Waals surface area (Å²) in [5.41, 5.74) is 0. The van der Waals surface area contributed by atoms with Gasteiger partial charge in [-0.15, -0.1) is 0 Å². The summed E-state index contributed by atoms with van der Waals surface area (Å²) >= 11 is 0. The van der Waals surface area contributed by atoms with E-state index in [0.717, 1.165) is 19.1 Å². The molecule has 0 aromatic rings. The van der Waals surface area contributed by atoms with E-state index >= 15 is 0 Å². The average Bonchev–Trinajstić information content (AvgIpc) is 2.25. The van der Waals surface area contributed by atoms with Crippen molar-refractivity contribution in [3.8, 4) is 0 Å². The SMILES string of the molecule is CCCCC(NCCNS(C)(=O)=O)C(=O)OC. The van der Waals surface area contributed by atoms with Crippen molar-refractivity contribution in [2.45, 2.75) is 32.2 Å². The van der Waals surface area contributed by atoms with E-state index in [9.17, 15) is 13.2 Å². The Balaban J connectivity index is 3.95. The van der Waals surface area contributed by atoms with Crippen molar-refractivity contribution in [2.75, 3.05) is 26.5 Å². The first-order chi connectivity index (χ1) is 7.90. The fourth-order valence-electron chi connectivity index (χ4n) is 1.34. The van der Waals surface area contributed by atoms with Crippen LogP contribution >= 0.6 is 0 Å². The normalized spacial score (nSPS) is 13.4. The maximum atomic E-state index is 11.4. The predicted octanol–water partition coefficient (Wildman–Crippen LogP) is -0.143. The fourth-order valence-corrected chi connectivity index (χ4v) is 1.81. The maximum Gasteiger partial charge on any atom is 0.322 e. The summed E-state index contributed by atoms with van der Waals surface area (Å²) in [4.78, 5) is 11.4. The molecule has 0 amide bonds.